The van der Waals surface area contributed by atoms with E-state index < -0.39 is 12.0 Å². The zero-order valence-corrected chi connectivity index (χ0v) is 22.2. The number of fused-ring (bicyclic) bond motifs is 2. The number of oxazole rings is 1. The van der Waals surface area contributed by atoms with Crippen LogP contribution in [-0.2, 0) is 11.3 Å². The van der Waals surface area contributed by atoms with Crippen molar-refractivity contribution in [1.29, 1.82) is 5.26 Å². The van der Waals surface area contributed by atoms with E-state index in [0.717, 1.165) is 52.2 Å². The largest absolute Gasteiger partial charge is 0.486 e. The molecule has 9 nitrogen and oxygen atoms in total. The molecular weight excluding hydrogens is 510 g/mol. The molecule has 0 saturated carbocycles. The van der Waals surface area contributed by atoms with Crippen LogP contribution >= 0.6 is 0 Å². The molecule has 9 heteroatoms. The molecule has 1 aromatic heterocycles. The van der Waals surface area contributed by atoms with Crippen molar-refractivity contribution in [1.82, 2.24) is 9.88 Å². The molecule has 1 N–H and O–H groups in total. The lowest BCUT2D eigenvalue weighted by Gasteiger charge is -2.33. The van der Waals surface area contributed by atoms with Crippen LogP contribution in [0.5, 0.6) is 17.2 Å². The van der Waals surface area contributed by atoms with Gasteiger partial charge < -0.3 is 23.7 Å². The Kier molecular flexibility index (Phi) is 7.01. The third kappa shape index (κ3) is 4.94. The molecule has 204 valence electrons. The fourth-order valence-corrected chi connectivity index (χ4v) is 5.55. The number of nitrogens with zero attached hydrogens (tertiary/aromatic N) is 3. The van der Waals surface area contributed by atoms with Crippen LogP contribution in [0.1, 0.15) is 30.4 Å². The number of carboxylic acids is 1. The number of aromatic nitrogens is 1. The minimum absolute atomic E-state index is 0.126. The summed E-state index contributed by atoms with van der Waals surface area (Å²) in [5.41, 5.74) is 5.84. The standard InChI is InChI=1S/C31H29N3O6/c1-19-22(20-8-9-26-29(16-20)39-14-13-38-26)5-4-6-23(19)30-33-24-15-21(27(37-12-10-32)17-28(24)40-30)18-34-11-3-2-7-25(34)31(35)36/h4-6,8-9,15-17,25H,2-3,7,11-14,18H2,1H3,(H,35,36)/t25-/m0/s1. The van der Waals surface area contributed by atoms with Gasteiger partial charge in [-0.05, 0) is 67.3 Å². The lowest BCUT2D eigenvalue weighted by atomic mass is 9.96. The van der Waals surface area contributed by atoms with Gasteiger partial charge in [0.15, 0.2) is 23.7 Å². The molecule has 0 bridgehead atoms. The highest BCUT2D eigenvalue weighted by molar-refractivity contribution is 5.82. The summed E-state index contributed by atoms with van der Waals surface area (Å²) in [4.78, 5) is 18.6. The maximum Gasteiger partial charge on any atom is 0.320 e. The quantitative estimate of drug-likeness (QED) is 0.321. The molecule has 6 rings (SSSR count). The molecule has 2 aliphatic rings. The number of ether oxygens (including phenoxy) is 3. The third-order valence-electron chi connectivity index (χ3n) is 7.55. The topological polar surface area (TPSA) is 118 Å². The number of rotatable bonds is 7. The Balaban J connectivity index is 1.36. The molecule has 0 spiro atoms. The van der Waals surface area contributed by atoms with Crippen molar-refractivity contribution in [2.24, 2.45) is 0 Å². The van der Waals surface area contributed by atoms with Crippen LogP contribution in [0, 0.1) is 18.3 Å². The van der Waals surface area contributed by atoms with Gasteiger partial charge in [-0.3, -0.25) is 9.69 Å². The zero-order chi connectivity index (χ0) is 27.6. The van der Waals surface area contributed by atoms with Crippen molar-refractivity contribution in [2.75, 3.05) is 26.4 Å². The van der Waals surface area contributed by atoms with E-state index >= 15 is 0 Å². The third-order valence-corrected chi connectivity index (χ3v) is 7.55. The van der Waals surface area contributed by atoms with Crippen molar-refractivity contribution in [3.63, 3.8) is 0 Å². The number of carbonyl (C=O) groups is 1. The monoisotopic (exact) mass is 539 g/mol. The van der Waals surface area contributed by atoms with Crippen LogP contribution in [0.15, 0.2) is 52.9 Å². The Labute approximate surface area is 231 Å². The molecule has 0 aliphatic carbocycles. The van der Waals surface area contributed by atoms with Gasteiger partial charge >= 0.3 is 5.97 Å². The molecule has 1 atom stereocenters. The van der Waals surface area contributed by atoms with Crippen LogP contribution < -0.4 is 14.2 Å². The van der Waals surface area contributed by atoms with Crippen LogP contribution in [0.4, 0.5) is 0 Å². The molecule has 4 aromatic rings. The summed E-state index contributed by atoms with van der Waals surface area (Å²) in [5.74, 6) is 1.61. The van der Waals surface area contributed by atoms with Crippen molar-refractivity contribution < 1.29 is 28.5 Å². The predicted octanol–water partition coefficient (Wildman–Crippen LogP) is 5.58. The first-order valence-electron chi connectivity index (χ1n) is 13.4. The molecule has 2 aliphatic heterocycles. The van der Waals surface area contributed by atoms with Gasteiger partial charge in [-0.2, -0.15) is 5.26 Å². The number of nitriles is 1. The van der Waals surface area contributed by atoms with Gasteiger partial charge in [0.1, 0.15) is 36.6 Å². The number of piperidine rings is 1. The number of aliphatic carboxylic acids is 1. The van der Waals surface area contributed by atoms with Gasteiger partial charge in [0, 0.05) is 23.7 Å². The highest BCUT2D eigenvalue weighted by Crippen LogP contribution is 2.39. The Morgan fingerprint density at radius 3 is 2.77 bits per heavy atom. The van der Waals surface area contributed by atoms with Crippen LogP contribution in [0.25, 0.3) is 33.7 Å². The maximum absolute atomic E-state index is 11.9. The molecule has 0 unspecified atom stereocenters. The van der Waals surface area contributed by atoms with Crippen LogP contribution in [0.2, 0.25) is 0 Å². The number of benzene rings is 3. The first-order chi connectivity index (χ1) is 19.5. The number of hydrogen-bond donors (Lipinski definition) is 1. The van der Waals surface area contributed by atoms with Gasteiger partial charge in [0.05, 0.1) is 0 Å². The number of hydrogen-bond acceptors (Lipinski definition) is 8. The van der Waals surface area contributed by atoms with Gasteiger partial charge in [-0.25, -0.2) is 4.98 Å². The van der Waals surface area contributed by atoms with Crippen molar-refractivity contribution in [2.45, 2.75) is 38.8 Å². The van der Waals surface area contributed by atoms with E-state index in [9.17, 15) is 9.90 Å². The second-order valence-electron chi connectivity index (χ2n) is 10.1. The summed E-state index contributed by atoms with van der Waals surface area (Å²) in [6.45, 7) is 4.04. The highest BCUT2D eigenvalue weighted by atomic mass is 16.6. The smallest absolute Gasteiger partial charge is 0.320 e. The van der Waals surface area contributed by atoms with E-state index in [1.54, 1.807) is 6.07 Å². The molecule has 0 radical (unpaired) electrons. The number of carboxylic acid groups (broad SMARTS) is 1. The molecular formula is C31H29N3O6. The average Bonchev–Trinajstić information content (AvgIpc) is 3.38. The minimum Gasteiger partial charge on any atom is -0.486 e. The normalized spacial score (nSPS) is 16.9. The summed E-state index contributed by atoms with van der Waals surface area (Å²) in [6, 6.07) is 17.0. The van der Waals surface area contributed by atoms with E-state index in [4.69, 9.17) is 28.9 Å². The van der Waals surface area contributed by atoms with E-state index in [0.29, 0.717) is 55.5 Å². The lowest BCUT2D eigenvalue weighted by molar-refractivity contribution is -0.144. The summed E-state index contributed by atoms with van der Waals surface area (Å²) < 4.78 is 23.4. The fourth-order valence-electron chi connectivity index (χ4n) is 5.55. The maximum atomic E-state index is 11.9. The van der Waals surface area contributed by atoms with E-state index in [2.05, 4.69) is 6.07 Å². The zero-order valence-electron chi connectivity index (χ0n) is 22.2. The summed E-state index contributed by atoms with van der Waals surface area (Å²) in [7, 11) is 0. The summed E-state index contributed by atoms with van der Waals surface area (Å²) in [5, 5.41) is 18.9. The second-order valence-corrected chi connectivity index (χ2v) is 10.1. The fraction of sp³-hybridized carbons (Fsp3) is 0.323. The van der Waals surface area contributed by atoms with Gasteiger partial charge in [-0.15, -0.1) is 0 Å². The van der Waals surface area contributed by atoms with E-state index in [1.165, 1.54) is 0 Å². The van der Waals surface area contributed by atoms with E-state index in [1.807, 2.05) is 54.3 Å². The Hall–Kier alpha value is -4.55. The SMILES string of the molecule is Cc1c(-c2ccc3c(c2)OCCO3)cccc1-c1nc2cc(CN3CCCC[C@H]3C(=O)O)c(OCC#N)cc2o1. The van der Waals surface area contributed by atoms with Crippen LogP contribution in [-0.4, -0.2) is 53.4 Å². The van der Waals surface area contributed by atoms with E-state index in [-0.39, 0.29) is 6.61 Å². The van der Waals surface area contributed by atoms with Gasteiger partial charge in [0.2, 0.25) is 5.89 Å². The predicted molar refractivity (Wildman–Crippen MR) is 147 cm³/mol. The molecule has 3 heterocycles. The van der Waals surface area contributed by atoms with Crippen LogP contribution in [0.3, 0.4) is 0 Å². The minimum atomic E-state index is -0.822. The molecule has 1 saturated heterocycles. The highest BCUT2D eigenvalue weighted by Gasteiger charge is 2.29. The average molecular weight is 540 g/mol. The molecule has 3 aromatic carbocycles. The molecule has 40 heavy (non-hydrogen) atoms. The summed E-state index contributed by atoms with van der Waals surface area (Å²) in [6.07, 6.45) is 2.44. The molecule has 1 fully saturated rings. The Bertz CT molecular complexity index is 1620. The lowest BCUT2D eigenvalue weighted by Crippen LogP contribution is -2.44. The first kappa shape index (κ1) is 25.7. The van der Waals surface area contributed by atoms with Crippen molar-refractivity contribution >= 4 is 17.1 Å². The number of likely N-dealkylation sites (tertiary alicyclic amines) is 1. The van der Waals surface area contributed by atoms with Gasteiger partial charge in [-0.1, -0.05) is 24.6 Å². The second kappa shape index (κ2) is 10.9. The first-order valence-corrected chi connectivity index (χ1v) is 13.4. The van der Waals surface area contributed by atoms with Crippen molar-refractivity contribution in [3.8, 4) is 45.9 Å². The summed E-state index contributed by atoms with van der Waals surface area (Å²) >= 11 is 0. The Morgan fingerprint density at radius 2 is 1.95 bits per heavy atom. The van der Waals surface area contributed by atoms with Gasteiger partial charge in [0.25, 0.3) is 0 Å². The molecule has 0 amide bonds. The Morgan fingerprint density at radius 1 is 1.12 bits per heavy atom. The van der Waals surface area contributed by atoms with Crippen molar-refractivity contribution in [3.05, 3.63) is 59.7 Å².